The highest BCUT2D eigenvalue weighted by Crippen LogP contribution is 2.37. The van der Waals surface area contributed by atoms with Crippen LogP contribution >= 0.6 is 11.6 Å². The molecule has 0 bridgehead atoms. The van der Waals surface area contributed by atoms with Crippen molar-refractivity contribution >= 4 is 17.3 Å². The molecule has 6 heteroatoms. The van der Waals surface area contributed by atoms with E-state index in [1.165, 1.54) is 0 Å². The number of benzene rings is 1. The lowest BCUT2D eigenvalue weighted by Gasteiger charge is -2.18. The molecule has 2 rings (SSSR count). The van der Waals surface area contributed by atoms with Gasteiger partial charge in [-0.2, -0.15) is 5.10 Å². The van der Waals surface area contributed by atoms with Crippen LogP contribution in [0.15, 0.2) is 24.5 Å². The monoisotopic (exact) mass is 295 g/mol. The number of hydrogen-bond acceptors (Lipinski definition) is 4. The molecule has 0 aliphatic heterocycles. The first kappa shape index (κ1) is 14.5. The SMILES string of the molecule is COc1cc(NC(C)c2cnn(C)c2)c(OC)cc1Cl. The van der Waals surface area contributed by atoms with Crippen LogP contribution in [0.3, 0.4) is 0 Å². The van der Waals surface area contributed by atoms with Crippen LogP contribution in [0.25, 0.3) is 0 Å². The van der Waals surface area contributed by atoms with Crippen molar-refractivity contribution in [1.82, 2.24) is 9.78 Å². The van der Waals surface area contributed by atoms with Gasteiger partial charge in [0.05, 0.1) is 37.2 Å². The van der Waals surface area contributed by atoms with Crippen molar-refractivity contribution in [2.45, 2.75) is 13.0 Å². The molecule has 1 N–H and O–H groups in total. The molecule has 1 unspecified atom stereocenters. The van der Waals surface area contributed by atoms with Gasteiger partial charge in [0.25, 0.3) is 0 Å². The fourth-order valence-corrected chi connectivity index (χ4v) is 2.18. The molecule has 1 heterocycles. The van der Waals surface area contributed by atoms with Crippen molar-refractivity contribution in [3.63, 3.8) is 0 Å². The van der Waals surface area contributed by atoms with Crippen LogP contribution in [0.4, 0.5) is 5.69 Å². The van der Waals surface area contributed by atoms with Crippen molar-refractivity contribution in [3.8, 4) is 11.5 Å². The number of methoxy groups -OCH3 is 2. The molecule has 1 aromatic heterocycles. The number of halogens is 1. The van der Waals surface area contributed by atoms with E-state index >= 15 is 0 Å². The molecule has 5 nitrogen and oxygen atoms in total. The first-order valence-corrected chi connectivity index (χ1v) is 6.59. The summed E-state index contributed by atoms with van der Waals surface area (Å²) in [7, 11) is 5.09. The molecule has 2 aromatic rings. The lowest BCUT2D eigenvalue weighted by atomic mass is 10.1. The maximum absolute atomic E-state index is 6.09. The molecule has 20 heavy (non-hydrogen) atoms. The van der Waals surface area contributed by atoms with Crippen LogP contribution in [0.1, 0.15) is 18.5 Å². The second-order valence-corrected chi connectivity index (χ2v) is 4.91. The Kier molecular flexibility index (Phi) is 4.39. The lowest BCUT2D eigenvalue weighted by molar-refractivity contribution is 0.404. The Morgan fingerprint density at radius 1 is 1.25 bits per heavy atom. The molecule has 108 valence electrons. The Labute approximate surface area is 123 Å². The molecule has 1 atom stereocenters. The van der Waals surface area contributed by atoms with Crippen LogP contribution in [0.2, 0.25) is 5.02 Å². The van der Waals surface area contributed by atoms with E-state index in [2.05, 4.69) is 17.3 Å². The highest BCUT2D eigenvalue weighted by Gasteiger charge is 2.13. The molecular formula is C14H18ClN3O2. The average molecular weight is 296 g/mol. The van der Waals surface area contributed by atoms with Gasteiger partial charge in [0.15, 0.2) is 0 Å². The predicted molar refractivity (Wildman–Crippen MR) is 79.8 cm³/mol. The number of aromatic nitrogens is 2. The normalized spacial score (nSPS) is 12.1. The van der Waals surface area contributed by atoms with Gasteiger partial charge in [0.1, 0.15) is 11.5 Å². The molecule has 0 fully saturated rings. The molecule has 0 spiro atoms. The van der Waals surface area contributed by atoms with Gasteiger partial charge in [-0.05, 0) is 6.92 Å². The van der Waals surface area contributed by atoms with E-state index in [1.54, 1.807) is 25.0 Å². The maximum atomic E-state index is 6.09. The Bertz CT molecular complexity index is 598. The number of aryl methyl sites for hydroxylation is 1. The molecule has 0 amide bonds. The smallest absolute Gasteiger partial charge is 0.143 e. The Morgan fingerprint density at radius 2 is 1.95 bits per heavy atom. The lowest BCUT2D eigenvalue weighted by Crippen LogP contribution is -2.07. The van der Waals surface area contributed by atoms with Gasteiger partial charge in [0, 0.05) is 30.9 Å². The Morgan fingerprint density at radius 3 is 2.50 bits per heavy atom. The third kappa shape index (κ3) is 2.99. The van der Waals surface area contributed by atoms with E-state index in [0.717, 1.165) is 11.3 Å². The summed E-state index contributed by atoms with van der Waals surface area (Å²) in [6.07, 6.45) is 3.80. The summed E-state index contributed by atoms with van der Waals surface area (Å²) < 4.78 is 12.3. The van der Waals surface area contributed by atoms with Crippen LogP contribution in [-0.2, 0) is 7.05 Å². The van der Waals surface area contributed by atoms with Gasteiger partial charge < -0.3 is 14.8 Å². The first-order valence-electron chi connectivity index (χ1n) is 6.21. The molecule has 0 saturated heterocycles. The third-order valence-electron chi connectivity index (χ3n) is 3.07. The largest absolute Gasteiger partial charge is 0.495 e. The van der Waals surface area contributed by atoms with Crippen molar-refractivity contribution < 1.29 is 9.47 Å². The molecular weight excluding hydrogens is 278 g/mol. The average Bonchev–Trinajstić information content (AvgIpc) is 2.87. The maximum Gasteiger partial charge on any atom is 0.143 e. The zero-order valence-electron chi connectivity index (χ0n) is 12.0. The van der Waals surface area contributed by atoms with Crippen LogP contribution in [0.5, 0.6) is 11.5 Å². The van der Waals surface area contributed by atoms with E-state index in [-0.39, 0.29) is 6.04 Å². The Hall–Kier alpha value is -1.88. The van der Waals surface area contributed by atoms with Crippen molar-refractivity contribution in [1.29, 1.82) is 0 Å². The number of ether oxygens (including phenoxy) is 2. The highest BCUT2D eigenvalue weighted by molar-refractivity contribution is 6.32. The van der Waals surface area contributed by atoms with Gasteiger partial charge in [-0.1, -0.05) is 11.6 Å². The van der Waals surface area contributed by atoms with E-state index in [1.807, 2.05) is 25.5 Å². The zero-order chi connectivity index (χ0) is 14.7. The molecule has 0 aliphatic carbocycles. The van der Waals surface area contributed by atoms with Gasteiger partial charge in [0.2, 0.25) is 0 Å². The van der Waals surface area contributed by atoms with Gasteiger partial charge in [-0.25, -0.2) is 0 Å². The third-order valence-corrected chi connectivity index (χ3v) is 3.37. The molecule has 0 saturated carbocycles. The summed E-state index contributed by atoms with van der Waals surface area (Å²) in [5.41, 5.74) is 1.91. The van der Waals surface area contributed by atoms with E-state index in [0.29, 0.717) is 16.5 Å². The van der Waals surface area contributed by atoms with E-state index < -0.39 is 0 Å². The van der Waals surface area contributed by atoms with Gasteiger partial charge in [-0.15, -0.1) is 0 Å². The summed E-state index contributed by atoms with van der Waals surface area (Å²) in [5, 5.41) is 8.06. The second-order valence-electron chi connectivity index (χ2n) is 4.50. The summed E-state index contributed by atoms with van der Waals surface area (Å²) in [6.45, 7) is 2.05. The number of hydrogen-bond donors (Lipinski definition) is 1. The van der Waals surface area contributed by atoms with Crippen LogP contribution < -0.4 is 14.8 Å². The zero-order valence-corrected chi connectivity index (χ0v) is 12.7. The van der Waals surface area contributed by atoms with Gasteiger partial charge in [-0.3, -0.25) is 4.68 Å². The molecule has 0 aliphatic rings. The number of nitrogens with one attached hydrogen (secondary N) is 1. The minimum Gasteiger partial charge on any atom is -0.495 e. The van der Waals surface area contributed by atoms with Crippen molar-refractivity contribution in [2.75, 3.05) is 19.5 Å². The molecule has 0 radical (unpaired) electrons. The Balaban J connectivity index is 2.27. The van der Waals surface area contributed by atoms with E-state index in [4.69, 9.17) is 21.1 Å². The summed E-state index contributed by atoms with van der Waals surface area (Å²) in [4.78, 5) is 0. The summed E-state index contributed by atoms with van der Waals surface area (Å²) in [5.74, 6) is 1.28. The number of rotatable bonds is 5. The minimum absolute atomic E-state index is 0.0866. The standard InChI is InChI=1S/C14H18ClN3O2/c1-9(10-7-16-18(2)8-10)17-12-6-13(19-3)11(15)5-14(12)20-4/h5-9,17H,1-4H3. The number of nitrogens with zero attached hydrogens (tertiary/aromatic N) is 2. The fraction of sp³-hybridized carbons (Fsp3) is 0.357. The minimum atomic E-state index is 0.0866. The molecule has 1 aromatic carbocycles. The van der Waals surface area contributed by atoms with Crippen LogP contribution in [-0.4, -0.2) is 24.0 Å². The van der Waals surface area contributed by atoms with Gasteiger partial charge >= 0.3 is 0 Å². The fourth-order valence-electron chi connectivity index (χ4n) is 1.95. The predicted octanol–water partition coefficient (Wildman–Crippen LogP) is 3.26. The second kappa shape index (κ2) is 6.05. The number of anilines is 1. The van der Waals surface area contributed by atoms with E-state index in [9.17, 15) is 0 Å². The van der Waals surface area contributed by atoms with Crippen molar-refractivity contribution in [2.24, 2.45) is 7.05 Å². The summed E-state index contributed by atoms with van der Waals surface area (Å²) in [6, 6.07) is 3.65. The topological polar surface area (TPSA) is 48.3 Å². The summed E-state index contributed by atoms with van der Waals surface area (Å²) >= 11 is 6.09. The highest BCUT2D eigenvalue weighted by atomic mass is 35.5. The van der Waals surface area contributed by atoms with Crippen molar-refractivity contribution in [3.05, 3.63) is 35.1 Å². The first-order chi connectivity index (χ1) is 9.55. The quantitative estimate of drug-likeness (QED) is 0.920. The van der Waals surface area contributed by atoms with Crippen LogP contribution in [0, 0.1) is 0 Å².